The van der Waals surface area contributed by atoms with Crippen LogP contribution in [0.2, 0.25) is 5.02 Å². The molecule has 0 unspecified atom stereocenters. The lowest BCUT2D eigenvalue weighted by molar-refractivity contribution is -0.122. The normalized spacial score (nSPS) is 15.1. The van der Waals surface area contributed by atoms with Gasteiger partial charge in [-0.25, -0.2) is 0 Å². The molecule has 2 amide bonds. The SMILES string of the molecule is COCCCN1C(=O)S/C(=C/c2cc(OC)c(OCc3ccccc3Cl)cc2Br)C1=O. The summed E-state index contributed by atoms with van der Waals surface area (Å²) >= 11 is 10.6. The number of methoxy groups -OCH3 is 2. The molecule has 164 valence electrons. The van der Waals surface area contributed by atoms with Gasteiger partial charge in [0.05, 0.1) is 12.0 Å². The van der Waals surface area contributed by atoms with Gasteiger partial charge in [0.25, 0.3) is 11.1 Å². The van der Waals surface area contributed by atoms with E-state index in [4.69, 9.17) is 25.8 Å². The Bertz CT molecular complexity index is 1010. The number of carbonyl (C=O) groups is 2. The second-order valence-electron chi connectivity index (χ2n) is 6.58. The summed E-state index contributed by atoms with van der Waals surface area (Å²) in [5, 5.41) is 0.341. The molecule has 0 bridgehead atoms. The van der Waals surface area contributed by atoms with Crippen molar-refractivity contribution in [1.82, 2.24) is 4.90 Å². The van der Waals surface area contributed by atoms with Crippen LogP contribution in [0.25, 0.3) is 6.08 Å². The molecule has 31 heavy (non-hydrogen) atoms. The highest BCUT2D eigenvalue weighted by Crippen LogP contribution is 2.38. The summed E-state index contributed by atoms with van der Waals surface area (Å²) in [6, 6.07) is 11.0. The molecule has 0 aromatic heterocycles. The van der Waals surface area contributed by atoms with Crippen molar-refractivity contribution in [3.05, 3.63) is 61.9 Å². The van der Waals surface area contributed by atoms with Gasteiger partial charge < -0.3 is 14.2 Å². The third-order valence-electron chi connectivity index (χ3n) is 4.51. The first kappa shape index (κ1) is 23.7. The molecule has 0 atom stereocenters. The van der Waals surface area contributed by atoms with Crippen molar-refractivity contribution < 1.29 is 23.8 Å². The van der Waals surface area contributed by atoms with Crippen LogP contribution in [0.15, 0.2) is 45.8 Å². The van der Waals surface area contributed by atoms with E-state index in [2.05, 4.69) is 15.9 Å². The highest BCUT2D eigenvalue weighted by molar-refractivity contribution is 9.10. The summed E-state index contributed by atoms with van der Waals surface area (Å²) in [6.45, 7) is 1.09. The molecular formula is C22H21BrClNO5S. The van der Waals surface area contributed by atoms with Crippen LogP contribution in [0.5, 0.6) is 11.5 Å². The molecule has 1 aliphatic heterocycles. The molecule has 0 saturated carbocycles. The van der Waals surface area contributed by atoms with Crippen LogP contribution >= 0.6 is 39.3 Å². The zero-order valence-electron chi connectivity index (χ0n) is 17.0. The molecule has 1 heterocycles. The third-order valence-corrected chi connectivity index (χ3v) is 6.48. The summed E-state index contributed by atoms with van der Waals surface area (Å²) in [5.41, 5.74) is 1.55. The number of amides is 2. The predicted octanol–water partition coefficient (Wildman–Crippen LogP) is 5.76. The molecule has 2 aromatic rings. The van der Waals surface area contributed by atoms with Crippen LogP contribution in [-0.4, -0.2) is 43.4 Å². The van der Waals surface area contributed by atoms with E-state index in [9.17, 15) is 9.59 Å². The van der Waals surface area contributed by atoms with Crippen LogP contribution in [-0.2, 0) is 16.1 Å². The second-order valence-corrected chi connectivity index (χ2v) is 8.84. The van der Waals surface area contributed by atoms with Gasteiger partial charge in [-0.3, -0.25) is 14.5 Å². The molecule has 1 aliphatic rings. The maximum atomic E-state index is 12.6. The topological polar surface area (TPSA) is 65.1 Å². The van der Waals surface area contributed by atoms with E-state index in [1.807, 2.05) is 18.2 Å². The summed E-state index contributed by atoms with van der Waals surface area (Å²) in [4.78, 5) is 26.4. The summed E-state index contributed by atoms with van der Waals surface area (Å²) in [7, 11) is 3.12. The zero-order chi connectivity index (χ0) is 22.4. The maximum Gasteiger partial charge on any atom is 0.293 e. The predicted molar refractivity (Wildman–Crippen MR) is 126 cm³/mol. The van der Waals surface area contributed by atoms with Crippen molar-refractivity contribution >= 4 is 56.5 Å². The molecule has 0 spiro atoms. The first-order chi connectivity index (χ1) is 14.9. The first-order valence-corrected chi connectivity index (χ1v) is 11.4. The van der Waals surface area contributed by atoms with Crippen LogP contribution < -0.4 is 9.47 Å². The molecule has 2 aromatic carbocycles. The van der Waals surface area contributed by atoms with E-state index in [0.717, 1.165) is 17.3 Å². The van der Waals surface area contributed by atoms with E-state index in [0.29, 0.717) is 51.0 Å². The van der Waals surface area contributed by atoms with Crippen molar-refractivity contribution in [2.24, 2.45) is 0 Å². The number of thioether (sulfide) groups is 1. The van der Waals surface area contributed by atoms with E-state index in [-0.39, 0.29) is 17.8 Å². The van der Waals surface area contributed by atoms with Crippen molar-refractivity contribution in [1.29, 1.82) is 0 Å². The lowest BCUT2D eigenvalue weighted by atomic mass is 10.1. The molecule has 0 aliphatic carbocycles. The fourth-order valence-electron chi connectivity index (χ4n) is 2.91. The first-order valence-electron chi connectivity index (χ1n) is 9.42. The summed E-state index contributed by atoms with van der Waals surface area (Å²) < 4.78 is 17.1. The number of hydrogen-bond donors (Lipinski definition) is 0. The van der Waals surface area contributed by atoms with Gasteiger partial charge in [0.1, 0.15) is 6.61 Å². The van der Waals surface area contributed by atoms with Gasteiger partial charge in [0.2, 0.25) is 0 Å². The van der Waals surface area contributed by atoms with Gasteiger partial charge in [-0.15, -0.1) is 0 Å². The van der Waals surface area contributed by atoms with Crippen molar-refractivity contribution in [3.8, 4) is 11.5 Å². The molecule has 1 fully saturated rings. The quantitative estimate of drug-likeness (QED) is 0.306. The minimum absolute atomic E-state index is 0.280. The Hall–Kier alpha value is -2.00. The molecule has 0 N–H and O–H groups in total. The lowest BCUT2D eigenvalue weighted by Gasteiger charge is -2.14. The average molecular weight is 527 g/mol. The van der Waals surface area contributed by atoms with Gasteiger partial charge >= 0.3 is 0 Å². The zero-order valence-corrected chi connectivity index (χ0v) is 20.2. The molecule has 6 nitrogen and oxygen atoms in total. The highest BCUT2D eigenvalue weighted by Gasteiger charge is 2.34. The van der Waals surface area contributed by atoms with Crippen molar-refractivity contribution in [2.75, 3.05) is 27.4 Å². The van der Waals surface area contributed by atoms with Crippen LogP contribution in [0.4, 0.5) is 4.79 Å². The molecule has 3 rings (SSSR count). The molecular weight excluding hydrogens is 506 g/mol. The Labute approximate surface area is 198 Å². The number of carbonyl (C=O) groups excluding carboxylic acids is 2. The Morgan fingerprint density at radius 3 is 2.65 bits per heavy atom. The fraction of sp³-hybridized carbons (Fsp3) is 0.273. The van der Waals surface area contributed by atoms with Gasteiger partial charge in [0.15, 0.2) is 11.5 Å². The number of ether oxygens (including phenoxy) is 3. The number of halogens is 2. The summed E-state index contributed by atoms with van der Waals surface area (Å²) in [6.07, 6.45) is 2.27. The van der Waals surface area contributed by atoms with E-state index >= 15 is 0 Å². The largest absolute Gasteiger partial charge is 0.493 e. The average Bonchev–Trinajstić information content (AvgIpc) is 3.02. The third kappa shape index (κ3) is 5.83. The number of benzene rings is 2. The van der Waals surface area contributed by atoms with Gasteiger partial charge in [-0.1, -0.05) is 45.7 Å². The van der Waals surface area contributed by atoms with Crippen LogP contribution in [0.1, 0.15) is 17.5 Å². The number of rotatable bonds is 9. The van der Waals surface area contributed by atoms with Gasteiger partial charge in [-0.05, 0) is 48.0 Å². The minimum atomic E-state index is -0.309. The summed E-state index contributed by atoms with van der Waals surface area (Å²) in [5.74, 6) is 0.718. The second kappa shape index (κ2) is 11.0. The Morgan fingerprint density at radius 1 is 1.16 bits per heavy atom. The molecule has 1 saturated heterocycles. The Kier molecular flexibility index (Phi) is 8.43. The number of hydrogen-bond acceptors (Lipinski definition) is 6. The minimum Gasteiger partial charge on any atom is -0.493 e. The van der Waals surface area contributed by atoms with E-state index in [1.165, 1.54) is 4.90 Å². The number of imide groups is 1. The maximum absolute atomic E-state index is 12.6. The highest BCUT2D eigenvalue weighted by atomic mass is 79.9. The molecule has 9 heteroatoms. The van der Waals surface area contributed by atoms with Crippen LogP contribution in [0, 0.1) is 0 Å². The monoisotopic (exact) mass is 525 g/mol. The van der Waals surface area contributed by atoms with Crippen LogP contribution in [0.3, 0.4) is 0 Å². The van der Waals surface area contributed by atoms with Gasteiger partial charge in [0, 0.05) is 35.3 Å². The Balaban J connectivity index is 1.79. The van der Waals surface area contributed by atoms with E-state index < -0.39 is 0 Å². The van der Waals surface area contributed by atoms with E-state index in [1.54, 1.807) is 38.5 Å². The van der Waals surface area contributed by atoms with Gasteiger partial charge in [-0.2, -0.15) is 0 Å². The smallest absolute Gasteiger partial charge is 0.293 e. The molecule has 0 radical (unpaired) electrons. The lowest BCUT2D eigenvalue weighted by Crippen LogP contribution is -2.29. The fourth-order valence-corrected chi connectivity index (χ4v) is 4.39. The Morgan fingerprint density at radius 2 is 1.94 bits per heavy atom. The standard InChI is InChI=1S/C22H21BrClNO5S/c1-28-9-5-8-25-21(26)20(31-22(25)27)11-15-10-18(29-2)19(12-16(15)23)30-13-14-6-3-4-7-17(14)24/h3-4,6-7,10-12H,5,8-9,13H2,1-2H3/b20-11+. The number of nitrogens with zero attached hydrogens (tertiary/aromatic N) is 1. The van der Waals surface area contributed by atoms with Crippen molar-refractivity contribution in [2.45, 2.75) is 13.0 Å². The van der Waals surface area contributed by atoms with Crippen molar-refractivity contribution in [3.63, 3.8) is 0 Å².